The van der Waals surface area contributed by atoms with Crippen molar-refractivity contribution in [2.45, 2.75) is 6.42 Å². The molecule has 0 amide bonds. The molecule has 1 aliphatic heterocycles. The molecule has 1 fully saturated rings. The Morgan fingerprint density at radius 1 is 0.783 bits per heavy atom. The number of hydrogen-bond donors (Lipinski definition) is 2. The first-order chi connectivity index (χ1) is 11.4. The van der Waals surface area contributed by atoms with Gasteiger partial charge in [0.2, 0.25) is 0 Å². The van der Waals surface area contributed by atoms with E-state index in [-0.39, 0.29) is 0 Å². The van der Waals surface area contributed by atoms with Crippen molar-refractivity contribution < 1.29 is 0 Å². The fraction of sp³-hybridized carbons (Fsp3) is 0.368. The maximum atomic E-state index is 5.52. The second-order valence-corrected chi connectivity index (χ2v) is 5.93. The van der Waals surface area contributed by atoms with E-state index in [0.29, 0.717) is 0 Å². The number of benzene rings is 2. The van der Waals surface area contributed by atoms with Crippen LogP contribution in [0.2, 0.25) is 0 Å². The molecular weight excluding hydrogens is 284 g/mol. The van der Waals surface area contributed by atoms with E-state index in [9.17, 15) is 0 Å². The normalized spacial score (nSPS) is 14.8. The van der Waals surface area contributed by atoms with Crippen LogP contribution in [-0.4, -0.2) is 39.3 Å². The number of para-hydroxylation sites is 1. The van der Waals surface area contributed by atoms with Crippen LogP contribution in [0.5, 0.6) is 0 Å². The largest absolute Gasteiger partial charge is 0.385 e. The van der Waals surface area contributed by atoms with Crippen molar-refractivity contribution in [3.8, 4) is 0 Å². The van der Waals surface area contributed by atoms with Crippen LogP contribution in [0.15, 0.2) is 54.6 Å². The molecule has 2 aromatic rings. The topological polar surface area (TPSA) is 44.5 Å². The Kier molecular flexibility index (Phi) is 5.37. The van der Waals surface area contributed by atoms with Gasteiger partial charge in [0.15, 0.2) is 0 Å². The van der Waals surface area contributed by atoms with E-state index in [0.717, 1.165) is 45.7 Å². The fourth-order valence-corrected chi connectivity index (χ4v) is 2.99. The van der Waals surface area contributed by atoms with Gasteiger partial charge in [-0.2, -0.15) is 0 Å². The number of nitrogens with zero attached hydrogens (tertiary/aromatic N) is 2. The Morgan fingerprint density at radius 3 is 1.91 bits per heavy atom. The van der Waals surface area contributed by atoms with E-state index in [4.69, 9.17) is 5.73 Å². The summed E-state index contributed by atoms with van der Waals surface area (Å²) in [5.41, 5.74) is 9.32. The summed E-state index contributed by atoms with van der Waals surface area (Å²) in [4.78, 5) is 4.92. The molecule has 1 saturated heterocycles. The fourth-order valence-electron chi connectivity index (χ4n) is 2.99. The average molecular weight is 310 g/mol. The lowest BCUT2D eigenvalue weighted by atomic mass is 10.2. The SMILES string of the molecule is NCCCNc1ccc(N2CCN(c3ccccc3)CC2)cc1. The Labute approximate surface area is 138 Å². The number of anilines is 3. The third-order valence-corrected chi connectivity index (χ3v) is 4.34. The zero-order valence-electron chi connectivity index (χ0n) is 13.6. The van der Waals surface area contributed by atoms with Crippen molar-refractivity contribution in [3.05, 3.63) is 54.6 Å². The van der Waals surface area contributed by atoms with Crippen LogP contribution in [-0.2, 0) is 0 Å². The van der Waals surface area contributed by atoms with Crippen molar-refractivity contribution in [1.29, 1.82) is 0 Å². The number of nitrogens with two attached hydrogens (primary N) is 1. The van der Waals surface area contributed by atoms with E-state index in [1.807, 2.05) is 0 Å². The quantitative estimate of drug-likeness (QED) is 0.805. The summed E-state index contributed by atoms with van der Waals surface area (Å²) < 4.78 is 0. The molecule has 0 aromatic heterocycles. The summed E-state index contributed by atoms with van der Waals surface area (Å²) in [5, 5.41) is 3.40. The lowest BCUT2D eigenvalue weighted by Gasteiger charge is -2.37. The first-order valence-electron chi connectivity index (χ1n) is 8.46. The summed E-state index contributed by atoms with van der Waals surface area (Å²) in [7, 11) is 0. The molecule has 1 aliphatic rings. The number of rotatable bonds is 6. The standard InChI is InChI=1S/C19H26N4/c20-11-4-12-21-17-7-9-19(10-8-17)23-15-13-22(14-16-23)18-5-2-1-3-6-18/h1-3,5-10,21H,4,11-16,20H2. The zero-order valence-corrected chi connectivity index (χ0v) is 13.6. The van der Waals surface area contributed by atoms with E-state index >= 15 is 0 Å². The molecule has 2 aromatic carbocycles. The van der Waals surface area contributed by atoms with Gasteiger partial charge in [0, 0.05) is 49.8 Å². The zero-order chi connectivity index (χ0) is 15.9. The van der Waals surface area contributed by atoms with Gasteiger partial charge in [-0.25, -0.2) is 0 Å². The van der Waals surface area contributed by atoms with Crippen LogP contribution in [0.1, 0.15) is 6.42 Å². The molecule has 4 nitrogen and oxygen atoms in total. The maximum Gasteiger partial charge on any atom is 0.0368 e. The highest BCUT2D eigenvalue weighted by atomic mass is 15.3. The highest BCUT2D eigenvalue weighted by molar-refractivity contribution is 5.56. The molecule has 122 valence electrons. The molecule has 3 N–H and O–H groups in total. The Hall–Kier alpha value is -2.20. The third-order valence-electron chi connectivity index (χ3n) is 4.34. The molecule has 0 saturated carbocycles. The van der Waals surface area contributed by atoms with Crippen molar-refractivity contribution in [2.75, 3.05) is 54.4 Å². The smallest absolute Gasteiger partial charge is 0.0368 e. The highest BCUT2D eigenvalue weighted by Gasteiger charge is 2.17. The molecule has 0 unspecified atom stereocenters. The van der Waals surface area contributed by atoms with Crippen molar-refractivity contribution in [1.82, 2.24) is 0 Å². The minimum absolute atomic E-state index is 0.733. The lowest BCUT2D eigenvalue weighted by molar-refractivity contribution is 0.653. The highest BCUT2D eigenvalue weighted by Crippen LogP contribution is 2.22. The van der Waals surface area contributed by atoms with Gasteiger partial charge >= 0.3 is 0 Å². The van der Waals surface area contributed by atoms with Gasteiger partial charge < -0.3 is 20.9 Å². The van der Waals surface area contributed by atoms with E-state index in [2.05, 4.69) is 69.7 Å². The van der Waals surface area contributed by atoms with Gasteiger partial charge in [-0.1, -0.05) is 18.2 Å². The maximum absolute atomic E-state index is 5.52. The number of piperazine rings is 1. The second-order valence-electron chi connectivity index (χ2n) is 5.93. The first kappa shape index (κ1) is 15.7. The van der Waals surface area contributed by atoms with Crippen LogP contribution >= 0.6 is 0 Å². The summed E-state index contributed by atoms with van der Waals surface area (Å²) in [6, 6.07) is 19.4. The van der Waals surface area contributed by atoms with E-state index in [1.165, 1.54) is 17.1 Å². The van der Waals surface area contributed by atoms with Crippen molar-refractivity contribution >= 4 is 17.1 Å². The molecule has 23 heavy (non-hydrogen) atoms. The minimum Gasteiger partial charge on any atom is -0.385 e. The second kappa shape index (κ2) is 7.88. The van der Waals surface area contributed by atoms with Crippen LogP contribution in [0, 0.1) is 0 Å². The molecule has 0 atom stereocenters. The molecule has 3 rings (SSSR count). The molecule has 1 heterocycles. The monoisotopic (exact) mass is 310 g/mol. The van der Waals surface area contributed by atoms with Gasteiger partial charge in [0.25, 0.3) is 0 Å². The Balaban J connectivity index is 1.53. The summed E-state index contributed by atoms with van der Waals surface area (Å²) >= 11 is 0. The van der Waals surface area contributed by atoms with Gasteiger partial charge in [0.1, 0.15) is 0 Å². The molecule has 0 aliphatic carbocycles. The average Bonchev–Trinajstić information content (AvgIpc) is 2.63. The predicted octanol–water partition coefficient (Wildman–Crippen LogP) is 2.77. The molecular formula is C19H26N4. The Morgan fingerprint density at radius 2 is 1.35 bits per heavy atom. The molecule has 0 spiro atoms. The van der Waals surface area contributed by atoms with Gasteiger partial charge in [0.05, 0.1) is 0 Å². The van der Waals surface area contributed by atoms with Crippen LogP contribution in [0.3, 0.4) is 0 Å². The van der Waals surface area contributed by atoms with E-state index < -0.39 is 0 Å². The van der Waals surface area contributed by atoms with E-state index in [1.54, 1.807) is 0 Å². The summed E-state index contributed by atoms with van der Waals surface area (Å²) in [6.45, 7) is 5.94. The first-order valence-corrected chi connectivity index (χ1v) is 8.46. The van der Waals surface area contributed by atoms with Crippen LogP contribution in [0.4, 0.5) is 17.1 Å². The van der Waals surface area contributed by atoms with Gasteiger partial charge in [-0.3, -0.25) is 0 Å². The summed E-state index contributed by atoms with van der Waals surface area (Å²) in [5.74, 6) is 0. The predicted molar refractivity (Wildman–Crippen MR) is 99.5 cm³/mol. The lowest BCUT2D eigenvalue weighted by Crippen LogP contribution is -2.46. The number of nitrogens with one attached hydrogen (secondary N) is 1. The van der Waals surface area contributed by atoms with Gasteiger partial charge in [-0.05, 0) is 49.4 Å². The van der Waals surface area contributed by atoms with Crippen molar-refractivity contribution in [3.63, 3.8) is 0 Å². The molecule has 4 heteroatoms. The Bertz CT molecular complexity index is 574. The van der Waals surface area contributed by atoms with Gasteiger partial charge in [-0.15, -0.1) is 0 Å². The third kappa shape index (κ3) is 4.17. The number of hydrogen-bond acceptors (Lipinski definition) is 4. The minimum atomic E-state index is 0.733. The summed E-state index contributed by atoms with van der Waals surface area (Å²) in [6.07, 6.45) is 1.00. The van der Waals surface area contributed by atoms with Crippen LogP contribution in [0.25, 0.3) is 0 Å². The van der Waals surface area contributed by atoms with Crippen molar-refractivity contribution in [2.24, 2.45) is 5.73 Å². The molecule has 0 bridgehead atoms. The molecule has 0 radical (unpaired) electrons. The van der Waals surface area contributed by atoms with Crippen LogP contribution < -0.4 is 20.9 Å².